The second-order valence-electron chi connectivity index (χ2n) is 5.29. The van der Waals surface area contributed by atoms with E-state index in [1.165, 1.54) is 6.07 Å². The Morgan fingerprint density at radius 2 is 2.00 bits per heavy atom. The molecule has 1 aliphatic rings. The van der Waals surface area contributed by atoms with Crippen molar-refractivity contribution in [2.45, 2.75) is 39.4 Å². The highest BCUT2D eigenvalue weighted by atomic mass is 35.5. The Hall–Kier alpha value is -0.930. The van der Waals surface area contributed by atoms with Crippen LogP contribution in [-0.4, -0.2) is 18.0 Å². The molecule has 1 aliphatic heterocycles. The minimum absolute atomic E-state index is 0.0446. The van der Waals surface area contributed by atoms with Crippen molar-refractivity contribution in [3.63, 3.8) is 0 Å². The number of carbonyl (C=O) groups excluding carboxylic acids is 1. The van der Waals surface area contributed by atoms with Gasteiger partial charge in [0.25, 0.3) is 0 Å². The molecule has 4 heteroatoms. The van der Waals surface area contributed by atoms with Crippen molar-refractivity contribution in [1.82, 2.24) is 0 Å². The maximum Gasteiger partial charge on any atom is 0.143 e. The lowest BCUT2D eigenvalue weighted by Crippen LogP contribution is -2.28. The first-order chi connectivity index (χ1) is 8.91. The van der Waals surface area contributed by atoms with Crippen LogP contribution >= 0.6 is 11.6 Å². The quantitative estimate of drug-likeness (QED) is 0.847. The van der Waals surface area contributed by atoms with E-state index in [1.54, 1.807) is 12.1 Å². The maximum absolute atomic E-state index is 13.4. The fraction of sp³-hybridized carbons (Fsp3) is 0.533. The van der Waals surface area contributed by atoms with Gasteiger partial charge in [-0.25, -0.2) is 4.39 Å². The largest absolute Gasteiger partial charge is 0.375 e. The van der Waals surface area contributed by atoms with Crippen LogP contribution in [0.25, 0.3) is 0 Å². The molecule has 0 saturated carbocycles. The van der Waals surface area contributed by atoms with E-state index in [0.717, 1.165) is 0 Å². The summed E-state index contributed by atoms with van der Waals surface area (Å²) in [5.74, 6) is -0.384. The van der Waals surface area contributed by atoms with E-state index >= 15 is 0 Å². The van der Waals surface area contributed by atoms with Gasteiger partial charge in [-0.1, -0.05) is 30.7 Å². The summed E-state index contributed by atoms with van der Waals surface area (Å²) in [6.07, 6.45) is 0.142. The van der Waals surface area contributed by atoms with E-state index in [4.69, 9.17) is 16.3 Å². The van der Waals surface area contributed by atoms with Crippen molar-refractivity contribution in [2.75, 3.05) is 0 Å². The molecule has 1 heterocycles. The lowest BCUT2D eigenvalue weighted by atomic mass is 9.84. The fourth-order valence-electron chi connectivity index (χ4n) is 2.81. The molecule has 19 heavy (non-hydrogen) atoms. The Bertz CT molecular complexity index is 489. The van der Waals surface area contributed by atoms with Crippen molar-refractivity contribution >= 4 is 17.4 Å². The van der Waals surface area contributed by atoms with Gasteiger partial charge in [0.05, 0.1) is 17.2 Å². The minimum atomic E-state index is -0.482. The molecule has 4 unspecified atom stereocenters. The number of benzene rings is 1. The molecule has 0 bridgehead atoms. The van der Waals surface area contributed by atoms with Crippen LogP contribution in [0.1, 0.15) is 26.3 Å². The van der Waals surface area contributed by atoms with E-state index in [0.29, 0.717) is 5.56 Å². The first kappa shape index (κ1) is 14.5. The van der Waals surface area contributed by atoms with E-state index in [1.807, 2.05) is 20.8 Å². The summed E-state index contributed by atoms with van der Waals surface area (Å²) < 4.78 is 19.0. The standard InChI is InChI=1S/C15H18ClFO2/c1-8-9(2)19-10(3)14(8)13(18)7-11-5-4-6-12(17)15(11)16/h4-6,8-10,14H,7H2,1-3H3. The van der Waals surface area contributed by atoms with Gasteiger partial charge in [-0.05, 0) is 31.4 Å². The van der Waals surface area contributed by atoms with Crippen molar-refractivity contribution in [3.8, 4) is 0 Å². The van der Waals surface area contributed by atoms with Gasteiger partial charge < -0.3 is 4.74 Å². The van der Waals surface area contributed by atoms with Gasteiger partial charge in [0.15, 0.2) is 0 Å². The van der Waals surface area contributed by atoms with Crippen LogP contribution in [0.15, 0.2) is 18.2 Å². The lowest BCUT2D eigenvalue weighted by molar-refractivity contribution is -0.124. The second kappa shape index (κ2) is 5.59. The number of hydrogen-bond acceptors (Lipinski definition) is 2. The number of rotatable bonds is 3. The van der Waals surface area contributed by atoms with E-state index in [9.17, 15) is 9.18 Å². The Balaban J connectivity index is 2.15. The van der Waals surface area contributed by atoms with Gasteiger partial charge in [0.1, 0.15) is 11.6 Å². The van der Waals surface area contributed by atoms with E-state index < -0.39 is 5.82 Å². The number of hydrogen-bond donors (Lipinski definition) is 0. The summed E-state index contributed by atoms with van der Waals surface area (Å²) >= 11 is 5.89. The van der Waals surface area contributed by atoms with Gasteiger partial charge in [0, 0.05) is 12.3 Å². The SMILES string of the molecule is CC1OC(C)C(C(=O)Cc2cccc(F)c2Cl)C1C. The molecule has 4 atom stereocenters. The molecule has 0 radical (unpaired) electrons. The number of ketones is 1. The number of halogens is 2. The highest BCUT2D eigenvalue weighted by Crippen LogP contribution is 2.34. The van der Waals surface area contributed by atoms with E-state index in [-0.39, 0.29) is 41.3 Å². The van der Waals surface area contributed by atoms with Crippen LogP contribution < -0.4 is 0 Å². The van der Waals surface area contributed by atoms with Crippen molar-refractivity contribution in [1.29, 1.82) is 0 Å². The summed E-state index contributed by atoms with van der Waals surface area (Å²) in [5.41, 5.74) is 0.547. The number of carbonyl (C=O) groups is 1. The monoisotopic (exact) mass is 284 g/mol. The average molecular weight is 285 g/mol. The smallest absolute Gasteiger partial charge is 0.143 e. The summed E-state index contributed by atoms with van der Waals surface area (Å²) in [5, 5.41) is 0.0446. The number of Topliss-reactive ketones (excluding diaryl/α,β-unsaturated/α-hetero) is 1. The molecule has 1 aromatic carbocycles. The summed E-state index contributed by atoms with van der Waals surface area (Å²) in [6.45, 7) is 5.91. The van der Waals surface area contributed by atoms with Gasteiger partial charge >= 0.3 is 0 Å². The molecule has 0 spiro atoms. The third kappa shape index (κ3) is 2.82. The lowest BCUT2D eigenvalue weighted by Gasteiger charge is -2.17. The highest BCUT2D eigenvalue weighted by Gasteiger charge is 2.41. The summed E-state index contributed by atoms with van der Waals surface area (Å²) in [6, 6.07) is 4.56. The molecule has 104 valence electrons. The van der Waals surface area contributed by atoms with Crippen LogP contribution in [0.3, 0.4) is 0 Å². The van der Waals surface area contributed by atoms with Gasteiger partial charge in [-0.15, -0.1) is 0 Å². The Labute approximate surface area is 117 Å². The predicted molar refractivity (Wildman–Crippen MR) is 72.8 cm³/mol. The van der Waals surface area contributed by atoms with Crippen LogP contribution in [0.5, 0.6) is 0 Å². The second-order valence-corrected chi connectivity index (χ2v) is 5.67. The molecule has 0 N–H and O–H groups in total. The molecular formula is C15H18ClFO2. The van der Waals surface area contributed by atoms with Crippen molar-refractivity contribution < 1.29 is 13.9 Å². The predicted octanol–water partition coefficient (Wildman–Crippen LogP) is 3.65. The molecule has 0 aliphatic carbocycles. The average Bonchev–Trinajstić information content (AvgIpc) is 2.59. The summed E-state index contributed by atoms with van der Waals surface area (Å²) in [7, 11) is 0. The summed E-state index contributed by atoms with van der Waals surface area (Å²) in [4.78, 5) is 12.4. The van der Waals surface area contributed by atoms with Gasteiger partial charge in [-0.2, -0.15) is 0 Å². The molecule has 2 nitrogen and oxygen atoms in total. The van der Waals surface area contributed by atoms with Crippen molar-refractivity contribution in [3.05, 3.63) is 34.6 Å². The zero-order valence-electron chi connectivity index (χ0n) is 11.3. The normalized spacial score (nSPS) is 30.6. The Morgan fingerprint density at radius 3 is 2.58 bits per heavy atom. The first-order valence-electron chi connectivity index (χ1n) is 6.53. The van der Waals surface area contributed by atoms with Gasteiger partial charge in [0.2, 0.25) is 0 Å². The van der Waals surface area contributed by atoms with Crippen molar-refractivity contribution in [2.24, 2.45) is 11.8 Å². The number of ether oxygens (including phenoxy) is 1. The zero-order chi connectivity index (χ0) is 14.2. The molecule has 0 amide bonds. The Morgan fingerprint density at radius 1 is 1.32 bits per heavy atom. The molecule has 1 fully saturated rings. The third-order valence-electron chi connectivity index (χ3n) is 4.01. The van der Waals surface area contributed by atoms with Crippen LogP contribution in [-0.2, 0) is 16.0 Å². The van der Waals surface area contributed by atoms with Crippen LogP contribution in [0.2, 0.25) is 5.02 Å². The van der Waals surface area contributed by atoms with Crippen LogP contribution in [0.4, 0.5) is 4.39 Å². The molecule has 2 rings (SSSR count). The minimum Gasteiger partial charge on any atom is -0.375 e. The van der Waals surface area contributed by atoms with Crippen LogP contribution in [0, 0.1) is 17.7 Å². The molecule has 0 aromatic heterocycles. The zero-order valence-corrected chi connectivity index (χ0v) is 12.1. The molecule has 1 saturated heterocycles. The molecular weight excluding hydrogens is 267 g/mol. The topological polar surface area (TPSA) is 26.3 Å². The van der Waals surface area contributed by atoms with Gasteiger partial charge in [-0.3, -0.25) is 4.79 Å². The highest BCUT2D eigenvalue weighted by molar-refractivity contribution is 6.31. The van der Waals surface area contributed by atoms with E-state index in [2.05, 4.69) is 0 Å². The first-order valence-corrected chi connectivity index (χ1v) is 6.90. The Kier molecular flexibility index (Phi) is 4.26. The maximum atomic E-state index is 13.4. The fourth-order valence-corrected chi connectivity index (χ4v) is 3.00. The third-order valence-corrected chi connectivity index (χ3v) is 4.43. The molecule has 1 aromatic rings.